The summed E-state index contributed by atoms with van der Waals surface area (Å²) in [5.41, 5.74) is 0.635. The lowest BCUT2D eigenvalue weighted by atomic mass is 10.2. The van der Waals surface area contributed by atoms with Crippen molar-refractivity contribution in [3.8, 4) is 0 Å². The minimum atomic E-state index is -0.572. The monoisotopic (exact) mass is 223 g/mol. The first-order chi connectivity index (χ1) is 7.72. The molecule has 0 amide bonds. The molecular weight excluding hydrogens is 212 g/mol. The molecule has 0 spiro atoms. The Balaban J connectivity index is 2.34. The van der Waals surface area contributed by atoms with Gasteiger partial charge in [-0.1, -0.05) is 6.07 Å². The number of aliphatic hydroxyl groups is 1. The van der Waals surface area contributed by atoms with E-state index in [9.17, 15) is 8.78 Å². The Morgan fingerprint density at radius 3 is 2.38 bits per heavy atom. The van der Waals surface area contributed by atoms with E-state index < -0.39 is 11.6 Å². The lowest BCUT2D eigenvalue weighted by molar-refractivity contribution is 0.271. The number of aliphatic hydroxyl groups excluding tert-OH is 1. The topological polar surface area (TPSA) is 25.2 Å². The second-order valence-corrected chi connectivity index (χ2v) is 3.49. The summed E-state index contributed by atoms with van der Waals surface area (Å²) in [6, 6.07) is 7.21. The number of hydrogen-bond donors (Lipinski definition) is 1. The van der Waals surface area contributed by atoms with E-state index in [0.717, 1.165) is 0 Å². The van der Waals surface area contributed by atoms with Crippen LogP contribution >= 0.6 is 0 Å². The fraction of sp³-hybridized carbons (Fsp3) is 0.167. The molecule has 0 saturated heterocycles. The zero-order valence-corrected chi connectivity index (χ0v) is 8.53. The standard InChI is InChI=1S/C12H11F2NO/c13-11-4-1-5-12(14)10(11)7-15-6-2-3-9(15)8-16/h1-6,16H,7-8H2. The molecule has 84 valence electrons. The van der Waals surface area contributed by atoms with Gasteiger partial charge in [0.05, 0.1) is 13.2 Å². The van der Waals surface area contributed by atoms with Gasteiger partial charge in [0.25, 0.3) is 0 Å². The molecule has 1 aromatic carbocycles. The molecule has 0 aliphatic carbocycles. The molecule has 2 aromatic rings. The lowest BCUT2D eigenvalue weighted by Gasteiger charge is -2.09. The molecule has 0 fully saturated rings. The van der Waals surface area contributed by atoms with Crippen LogP contribution in [0.1, 0.15) is 11.3 Å². The maximum Gasteiger partial charge on any atom is 0.131 e. The van der Waals surface area contributed by atoms with Gasteiger partial charge in [0.15, 0.2) is 0 Å². The van der Waals surface area contributed by atoms with Crippen LogP contribution in [-0.4, -0.2) is 9.67 Å². The number of aromatic nitrogens is 1. The third-order valence-electron chi connectivity index (χ3n) is 2.48. The predicted molar refractivity (Wildman–Crippen MR) is 55.8 cm³/mol. The molecular formula is C12H11F2NO. The Bertz CT molecular complexity index is 473. The zero-order chi connectivity index (χ0) is 11.5. The Morgan fingerprint density at radius 2 is 1.75 bits per heavy atom. The van der Waals surface area contributed by atoms with Crippen molar-refractivity contribution in [1.82, 2.24) is 4.57 Å². The van der Waals surface area contributed by atoms with Crippen LogP contribution < -0.4 is 0 Å². The van der Waals surface area contributed by atoms with E-state index in [1.165, 1.54) is 18.2 Å². The molecule has 0 bridgehead atoms. The number of rotatable bonds is 3. The fourth-order valence-electron chi connectivity index (χ4n) is 1.60. The van der Waals surface area contributed by atoms with Crippen molar-refractivity contribution in [2.24, 2.45) is 0 Å². The summed E-state index contributed by atoms with van der Waals surface area (Å²) in [6.45, 7) is -0.0650. The van der Waals surface area contributed by atoms with Crippen LogP contribution in [0.15, 0.2) is 36.5 Å². The molecule has 0 unspecified atom stereocenters. The molecule has 0 saturated carbocycles. The van der Waals surface area contributed by atoms with Crippen LogP contribution in [0.3, 0.4) is 0 Å². The largest absolute Gasteiger partial charge is 0.390 e. The van der Waals surface area contributed by atoms with E-state index in [-0.39, 0.29) is 18.7 Å². The Hall–Kier alpha value is -1.68. The number of nitrogens with zero attached hydrogens (tertiary/aromatic N) is 1. The highest BCUT2D eigenvalue weighted by Gasteiger charge is 2.09. The average molecular weight is 223 g/mol. The van der Waals surface area contributed by atoms with Gasteiger partial charge in [-0.05, 0) is 24.3 Å². The summed E-state index contributed by atoms with van der Waals surface area (Å²) in [4.78, 5) is 0. The molecule has 0 aliphatic heterocycles. The van der Waals surface area contributed by atoms with Crippen molar-refractivity contribution >= 4 is 0 Å². The van der Waals surface area contributed by atoms with Gasteiger partial charge in [-0.25, -0.2) is 8.78 Å². The summed E-state index contributed by atoms with van der Waals surface area (Å²) < 4.78 is 28.3. The van der Waals surface area contributed by atoms with Crippen LogP contribution in [0.5, 0.6) is 0 Å². The molecule has 16 heavy (non-hydrogen) atoms. The summed E-state index contributed by atoms with van der Waals surface area (Å²) in [5.74, 6) is -1.14. The quantitative estimate of drug-likeness (QED) is 0.848. The van der Waals surface area contributed by atoms with Gasteiger partial charge in [0.1, 0.15) is 11.6 Å². The number of hydrogen-bond acceptors (Lipinski definition) is 1. The molecule has 0 radical (unpaired) electrons. The summed E-state index contributed by atoms with van der Waals surface area (Å²) in [7, 11) is 0. The van der Waals surface area contributed by atoms with Gasteiger partial charge >= 0.3 is 0 Å². The molecule has 1 heterocycles. The highest BCUT2D eigenvalue weighted by atomic mass is 19.1. The first-order valence-electron chi connectivity index (χ1n) is 4.90. The third-order valence-corrected chi connectivity index (χ3v) is 2.48. The van der Waals surface area contributed by atoms with Gasteiger partial charge in [0.2, 0.25) is 0 Å². The van der Waals surface area contributed by atoms with E-state index >= 15 is 0 Å². The second kappa shape index (κ2) is 4.45. The third kappa shape index (κ3) is 1.97. The molecule has 1 aromatic heterocycles. The Labute approximate surface area is 91.8 Å². The van der Waals surface area contributed by atoms with Crippen molar-refractivity contribution in [3.63, 3.8) is 0 Å². The van der Waals surface area contributed by atoms with E-state index in [1.807, 2.05) is 0 Å². The SMILES string of the molecule is OCc1cccn1Cc1c(F)cccc1F. The van der Waals surface area contributed by atoms with Crippen LogP contribution in [0.2, 0.25) is 0 Å². The first-order valence-corrected chi connectivity index (χ1v) is 4.90. The van der Waals surface area contributed by atoms with Crippen LogP contribution in [0.4, 0.5) is 8.78 Å². The lowest BCUT2D eigenvalue weighted by Crippen LogP contribution is -2.06. The second-order valence-electron chi connectivity index (χ2n) is 3.49. The first kappa shape index (κ1) is 10.8. The highest BCUT2D eigenvalue weighted by Crippen LogP contribution is 2.15. The summed E-state index contributed by atoms with van der Waals surface area (Å²) >= 11 is 0. The Kier molecular flexibility index (Phi) is 3.01. The Morgan fingerprint density at radius 1 is 1.06 bits per heavy atom. The highest BCUT2D eigenvalue weighted by molar-refractivity contribution is 5.21. The van der Waals surface area contributed by atoms with Crippen LogP contribution in [0.25, 0.3) is 0 Å². The fourth-order valence-corrected chi connectivity index (χ4v) is 1.60. The summed E-state index contributed by atoms with van der Waals surface area (Å²) in [5, 5.41) is 9.02. The molecule has 1 N–H and O–H groups in total. The average Bonchev–Trinajstić information content (AvgIpc) is 2.71. The maximum absolute atomic E-state index is 13.4. The van der Waals surface area contributed by atoms with Gasteiger partial charge in [-0.3, -0.25) is 0 Å². The van der Waals surface area contributed by atoms with E-state index in [4.69, 9.17) is 5.11 Å². The maximum atomic E-state index is 13.4. The molecule has 0 aliphatic rings. The number of benzene rings is 1. The minimum absolute atomic E-state index is 0.00778. The molecule has 0 atom stereocenters. The van der Waals surface area contributed by atoms with E-state index in [0.29, 0.717) is 5.69 Å². The van der Waals surface area contributed by atoms with Crippen molar-refractivity contribution in [2.75, 3.05) is 0 Å². The van der Waals surface area contributed by atoms with Gasteiger partial charge in [-0.15, -0.1) is 0 Å². The summed E-state index contributed by atoms with van der Waals surface area (Å²) in [6.07, 6.45) is 1.68. The number of halogens is 2. The van der Waals surface area contributed by atoms with Crippen molar-refractivity contribution in [2.45, 2.75) is 13.2 Å². The zero-order valence-electron chi connectivity index (χ0n) is 8.53. The van der Waals surface area contributed by atoms with Gasteiger partial charge < -0.3 is 9.67 Å². The van der Waals surface area contributed by atoms with Crippen molar-refractivity contribution in [1.29, 1.82) is 0 Å². The van der Waals surface area contributed by atoms with Crippen LogP contribution in [-0.2, 0) is 13.2 Å². The van der Waals surface area contributed by atoms with Crippen molar-refractivity contribution in [3.05, 3.63) is 59.4 Å². The van der Waals surface area contributed by atoms with Gasteiger partial charge in [0, 0.05) is 17.5 Å². The van der Waals surface area contributed by atoms with Crippen LogP contribution in [0, 0.1) is 11.6 Å². The molecule has 2 nitrogen and oxygen atoms in total. The van der Waals surface area contributed by atoms with E-state index in [1.54, 1.807) is 22.9 Å². The molecule has 2 rings (SSSR count). The van der Waals surface area contributed by atoms with E-state index in [2.05, 4.69) is 0 Å². The smallest absolute Gasteiger partial charge is 0.131 e. The van der Waals surface area contributed by atoms with Gasteiger partial charge in [-0.2, -0.15) is 0 Å². The normalized spacial score (nSPS) is 10.7. The van der Waals surface area contributed by atoms with Crippen molar-refractivity contribution < 1.29 is 13.9 Å². The predicted octanol–water partition coefficient (Wildman–Crippen LogP) is 2.31. The minimum Gasteiger partial charge on any atom is -0.390 e. The molecule has 4 heteroatoms.